The summed E-state index contributed by atoms with van der Waals surface area (Å²) in [5.74, 6) is -0.929. The smallest absolute Gasteiger partial charge is 0.329 e. The zero-order valence-electron chi connectivity index (χ0n) is 14.7. The van der Waals surface area contributed by atoms with Gasteiger partial charge in [0, 0.05) is 6.42 Å². The van der Waals surface area contributed by atoms with Crippen molar-refractivity contribution in [1.29, 1.82) is 0 Å². The number of hydrogen-bond donors (Lipinski definition) is 2. The number of aryl methyl sites for hydroxylation is 2. The van der Waals surface area contributed by atoms with Crippen LogP contribution < -0.4 is 5.32 Å². The zero-order valence-corrected chi connectivity index (χ0v) is 14.7. The summed E-state index contributed by atoms with van der Waals surface area (Å²) >= 11 is 0. The summed E-state index contributed by atoms with van der Waals surface area (Å²) in [6.07, 6.45) is 2.37. The van der Waals surface area contributed by atoms with Crippen molar-refractivity contribution >= 4 is 17.6 Å². The van der Waals surface area contributed by atoms with E-state index in [1.165, 1.54) is 4.68 Å². The van der Waals surface area contributed by atoms with Gasteiger partial charge in [-0.25, -0.2) is 4.79 Å². The van der Waals surface area contributed by atoms with E-state index in [4.69, 9.17) is 0 Å². The van der Waals surface area contributed by atoms with Crippen LogP contribution in [0.1, 0.15) is 50.4 Å². The van der Waals surface area contributed by atoms with Crippen LogP contribution >= 0.6 is 0 Å². The lowest BCUT2D eigenvalue weighted by atomic mass is 9.77. The number of carboxylic acids is 1. The Hall–Kier alpha value is -2.45. The first-order valence-corrected chi connectivity index (χ1v) is 8.39. The first-order chi connectivity index (χ1) is 11.7. The van der Waals surface area contributed by atoms with Gasteiger partial charge in [-0.05, 0) is 45.4 Å². The molecule has 2 rings (SSSR count). The van der Waals surface area contributed by atoms with Gasteiger partial charge in [-0.15, -0.1) is 0 Å². The van der Waals surface area contributed by atoms with Gasteiger partial charge < -0.3 is 10.4 Å². The second kappa shape index (κ2) is 7.20. The molecule has 0 aliphatic heterocycles. The Morgan fingerprint density at radius 3 is 2.48 bits per heavy atom. The number of amides is 1. The number of aromatic nitrogens is 2. The number of nitrogens with zero attached hydrogens (tertiary/aromatic N) is 3. The van der Waals surface area contributed by atoms with Crippen molar-refractivity contribution in [3.8, 4) is 0 Å². The molecule has 1 heterocycles. The predicted molar refractivity (Wildman–Crippen MR) is 89.1 cm³/mol. The van der Waals surface area contributed by atoms with E-state index < -0.39 is 16.4 Å². The minimum Gasteiger partial charge on any atom is -0.480 e. The van der Waals surface area contributed by atoms with Gasteiger partial charge in [0.25, 0.3) is 0 Å². The SMILES string of the molecule is Cc1nn(CCC(=O)NC2(C(=O)O)CCC(C)CC2)c(C)c1[N+](=O)[O-]. The van der Waals surface area contributed by atoms with Crippen LogP contribution in [0.2, 0.25) is 0 Å². The number of carboxylic acid groups (broad SMARTS) is 1. The van der Waals surface area contributed by atoms with E-state index in [0.29, 0.717) is 30.1 Å². The molecule has 0 saturated heterocycles. The average Bonchev–Trinajstić information content (AvgIpc) is 2.81. The standard InChI is InChI=1S/C16H24N4O5/c1-10-4-7-16(8-5-10,15(22)23)17-13(21)6-9-19-12(3)14(20(24)25)11(2)18-19/h10H,4-9H2,1-3H3,(H,17,21)(H,22,23). The lowest BCUT2D eigenvalue weighted by molar-refractivity contribution is -0.386. The highest BCUT2D eigenvalue weighted by molar-refractivity contribution is 5.87. The van der Waals surface area contributed by atoms with Crippen molar-refractivity contribution in [1.82, 2.24) is 15.1 Å². The fourth-order valence-electron chi connectivity index (χ4n) is 3.35. The summed E-state index contributed by atoms with van der Waals surface area (Å²) in [7, 11) is 0. The van der Waals surface area contributed by atoms with Gasteiger partial charge in [-0.1, -0.05) is 6.92 Å². The molecular weight excluding hydrogens is 328 g/mol. The number of carbonyl (C=O) groups is 2. The third-order valence-electron chi connectivity index (χ3n) is 4.99. The van der Waals surface area contributed by atoms with Crippen LogP contribution in [-0.2, 0) is 16.1 Å². The first-order valence-electron chi connectivity index (χ1n) is 8.39. The molecule has 1 aliphatic carbocycles. The highest BCUT2D eigenvalue weighted by Gasteiger charge is 2.42. The highest BCUT2D eigenvalue weighted by Crippen LogP contribution is 2.32. The average molecular weight is 352 g/mol. The molecule has 0 atom stereocenters. The largest absolute Gasteiger partial charge is 0.480 e. The van der Waals surface area contributed by atoms with Crippen LogP contribution in [0.15, 0.2) is 0 Å². The highest BCUT2D eigenvalue weighted by atomic mass is 16.6. The molecule has 1 aliphatic rings. The molecule has 1 aromatic rings. The lowest BCUT2D eigenvalue weighted by Gasteiger charge is -2.36. The van der Waals surface area contributed by atoms with E-state index in [1.54, 1.807) is 13.8 Å². The summed E-state index contributed by atoms with van der Waals surface area (Å²) in [6.45, 7) is 5.36. The molecule has 0 bridgehead atoms. The molecule has 1 aromatic heterocycles. The lowest BCUT2D eigenvalue weighted by Crippen LogP contribution is -2.56. The van der Waals surface area contributed by atoms with E-state index in [-0.39, 0.29) is 24.6 Å². The fraction of sp³-hybridized carbons (Fsp3) is 0.688. The summed E-state index contributed by atoms with van der Waals surface area (Å²) in [5, 5.41) is 27.3. The van der Waals surface area contributed by atoms with Crippen molar-refractivity contribution in [3.63, 3.8) is 0 Å². The molecule has 138 valence electrons. The van der Waals surface area contributed by atoms with Gasteiger partial charge in [-0.3, -0.25) is 19.6 Å². The minimum atomic E-state index is -1.20. The molecule has 9 nitrogen and oxygen atoms in total. The topological polar surface area (TPSA) is 127 Å². The van der Waals surface area contributed by atoms with Crippen LogP contribution in [-0.4, -0.2) is 37.2 Å². The monoisotopic (exact) mass is 352 g/mol. The van der Waals surface area contributed by atoms with E-state index >= 15 is 0 Å². The predicted octanol–water partition coefficient (Wildman–Crippen LogP) is 1.95. The van der Waals surface area contributed by atoms with E-state index in [9.17, 15) is 24.8 Å². The number of carbonyl (C=O) groups excluding carboxylic acids is 1. The maximum absolute atomic E-state index is 12.3. The molecule has 25 heavy (non-hydrogen) atoms. The summed E-state index contributed by atoms with van der Waals surface area (Å²) in [6, 6.07) is 0. The fourth-order valence-corrected chi connectivity index (χ4v) is 3.35. The van der Waals surface area contributed by atoms with Crippen molar-refractivity contribution in [2.75, 3.05) is 0 Å². The number of nitro groups is 1. The van der Waals surface area contributed by atoms with Crippen molar-refractivity contribution in [2.24, 2.45) is 5.92 Å². The Morgan fingerprint density at radius 2 is 2.00 bits per heavy atom. The number of nitrogens with one attached hydrogen (secondary N) is 1. The molecule has 1 saturated carbocycles. The zero-order chi connectivity index (χ0) is 18.8. The summed E-state index contributed by atoms with van der Waals surface area (Å²) in [4.78, 5) is 34.4. The molecule has 0 radical (unpaired) electrons. The first kappa shape index (κ1) is 18.9. The van der Waals surface area contributed by atoms with Crippen LogP contribution in [0.3, 0.4) is 0 Å². The normalized spacial score (nSPS) is 23.2. The van der Waals surface area contributed by atoms with Gasteiger partial charge in [0.2, 0.25) is 5.91 Å². The summed E-state index contributed by atoms with van der Waals surface area (Å²) < 4.78 is 1.42. The molecule has 0 aromatic carbocycles. The Labute approximate surface area is 145 Å². The van der Waals surface area contributed by atoms with Crippen LogP contribution in [0, 0.1) is 29.9 Å². The van der Waals surface area contributed by atoms with E-state index in [2.05, 4.69) is 17.3 Å². The molecule has 1 fully saturated rings. The quantitative estimate of drug-likeness (QED) is 0.595. The van der Waals surface area contributed by atoms with Crippen molar-refractivity contribution in [3.05, 3.63) is 21.5 Å². The molecule has 0 spiro atoms. The van der Waals surface area contributed by atoms with Gasteiger partial charge >= 0.3 is 11.7 Å². The molecule has 0 unspecified atom stereocenters. The molecular formula is C16H24N4O5. The van der Waals surface area contributed by atoms with E-state index in [0.717, 1.165) is 12.8 Å². The maximum Gasteiger partial charge on any atom is 0.329 e. The number of hydrogen-bond acceptors (Lipinski definition) is 5. The number of aliphatic carboxylic acids is 1. The Morgan fingerprint density at radius 1 is 1.40 bits per heavy atom. The maximum atomic E-state index is 12.3. The number of rotatable bonds is 6. The van der Waals surface area contributed by atoms with Crippen LogP contribution in [0.4, 0.5) is 5.69 Å². The van der Waals surface area contributed by atoms with Crippen LogP contribution in [0.25, 0.3) is 0 Å². The van der Waals surface area contributed by atoms with Gasteiger partial charge in [0.15, 0.2) is 0 Å². The molecule has 9 heteroatoms. The van der Waals surface area contributed by atoms with Gasteiger partial charge in [0.1, 0.15) is 16.9 Å². The summed E-state index contributed by atoms with van der Waals surface area (Å²) in [5.41, 5.74) is -0.574. The van der Waals surface area contributed by atoms with Gasteiger partial charge in [-0.2, -0.15) is 5.10 Å². The third kappa shape index (κ3) is 3.97. The minimum absolute atomic E-state index is 0.0176. The van der Waals surface area contributed by atoms with Crippen molar-refractivity contribution < 1.29 is 19.6 Å². The van der Waals surface area contributed by atoms with Crippen LogP contribution in [0.5, 0.6) is 0 Å². The Balaban J connectivity index is 2.02. The Kier molecular flexibility index (Phi) is 5.44. The molecule has 1 amide bonds. The third-order valence-corrected chi connectivity index (χ3v) is 4.99. The van der Waals surface area contributed by atoms with Crippen molar-refractivity contribution in [2.45, 2.75) is 65.0 Å². The Bertz CT molecular complexity index is 689. The second-order valence-corrected chi connectivity index (χ2v) is 6.87. The van der Waals surface area contributed by atoms with Gasteiger partial charge in [0.05, 0.1) is 11.5 Å². The molecule has 2 N–H and O–H groups in total. The second-order valence-electron chi connectivity index (χ2n) is 6.87. The van der Waals surface area contributed by atoms with E-state index in [1.807, 2.05) is 0 Å².